The van der Waals surface area contributed by atoms with Crippen LogP contribution in [0.2, 0.25) is 0 Å². The van der Waals surface area contributed by atoms with Crippen LogP contribution in [0.3, 0.4) is 0 Å². The molecular formula is C50H54F2N10O7S2. The molecule has 17 nitrogen and oxygen atoms in total. The lowest BCUT2D eigenvalue weighted by Crippen LogP contribution is -2.29. The molecular weight excluding hydrogens is 955 g/mol. The molecule has 8 aromatic rings. The van der Waals surface area contributed by atoms with Gasteiger partial charge in [0.1, 0.15) is 11.6 Å². The summed E-state index contributed by atoms with van der Waals surface area (Å²) in [6.07, 6.45) is 15.5. The molecule has 71 heavy (non-hydrogen) atoms. The molecule has 0 aliphatic carbocycles. The number of fused-ring (bicyclic) bond motifs is 2. The molecule has 2 aromatic carbocycles. The molecule has 6 aromatic heterocycles. The molecule has 0 aliphatic rings. The highest BCUT2D eigenvalue weighted by molar-refractivity contribution is 7.91. The predicted octanol–water partition coefficient (Wildman–Crippen LogP) is 8.06. The number of hydrogen-bond acceptors (Lipinski definition) is 13. The molecule has 2 amide bonds. The highest BCUT2D eigenvalue weighted by Crippen LogP contribution is 2.27. The molecule has 0 fully saturated rings. The summed E-state index contributed by atoms with van der Waals surface area (Å²) < 4.78 is 78.8. The second kappa shape index (κ2) is 24.3. The summed E-state index contributed by atoms with van der Waals surface area (Å²) in [5.74, 6) is -1.61. The van der Waals surface area contributed by atoms with E-state index in [9.17, 15) is 35.2 Å². The molecule has 0 spiro atoms. The zero-order valence-electron chi connectivity index (χ0n) is 38.6. The van der Waals surface area contributed by atoms with Gasteiger partial charge in [0.25, 0.3) is 11.8 Å². The maximum atomic E-state index is 13.3. The van der Waals surface area contributed by atoms with Gasteiger partial charge in [0.2, 0.25) is 0 Å². The van der Waals surface area contributed by atoms with Gasteiger partial charge in [-0.25, -0.2) is 44.9 Å². The molecule has 0 saturated carbocycles. The number of hydrogen-bond donors (Lipinski definition) is 3. The second-order valence-electron chi connectivity index (χ2n) is 15.3. The van der Waals surface area contributed by atoms with Crippen molar-refractivity contribution in [3.63, 3.8) is 0 Å². The summed E-state index contributed by atoms with van der Waals surface area (Å²) in [6.45, 7) is 8.85. The van der Waals surface area contributed by atoms with Gasteiger partial charge in [-0.1, -0.05) is 40.7 Å². The lowest BCUT2D eigenvalue weighted by molar-refractivity contribution is 0.0928. The van der Waals surface area contributed by atoms with Crippen molar-refractivity contribution in [1.29, 1.82) is 0 Å². The van der Waals surface area contributed by atoms with Gasteiger partial charge in [-0.15, -0.1) is 6.58 Å². The number of carbonyl (C=O) groups excluding carboxylic acids is 2. The smallest absolute Gasteiger partial charge is 0.254 e. The van der Waals surface area contributed by atoms with Gasteiger partial charge in [-0.2, -0.15) is 10.2 Å². The highest BCUT2D eigenvalue weighted by atomic mass is 32.2. The minimum absolute atomic E-state index is 0. The number of sulfone groups is 2. The van der Waals surface area contributed by atoms with Crippen LogP contribution in [0.4, 0.5) is 8.78 Å². The molecule has 0 saturated heterocycles. The van der Waals surface area contributed by atoms with E-state index in [1.807, 2.05) is 6.92 Å². The zero-order valence-corrected chi connectivity index (χ0v) is 40.2. The summed E-state index contributed by atoms with van der Waals surface area (Å²) in [5, 5.41) is 22.8. The number of rotatable bonds is 16. The van der Waals surface area contributed by atoms with Crippen molar-refractivity contribution in [1.82, 2.24) is 50.1 Å². The van der Waals surface area contributed by atoms with E-state index < -0.39 is 37.7 Å². The van der Waals surface area contributed by atoms with E-state index in [2.05, 4.69) is 47.3 Å². The van der Waals surface area contributed by atoms with Crippen molar-refractivity contribution in [2.45, 2.75) is 69.6 Å². The van der Waals surface area contributed by atoms with Crippen LogP contribution >= 0.6 is 0 Å². The molecule has 6 heterocycles. The Bertz CT molecular complexity index is 3350. The molecule has 0 unspecified atom stereocenters. The number of benzene rings is 2. The average molecular weight is 1010 g/mol. The van der Waals surface area contributed by atoms with Crippen molar-refractivity contribution < 1.29 is 40.3 Å². The van der Waals surface area contributed by atoms with Crippen molar-refractivity contribution >= 4 is 53.3 Å². The van der Waals surface area contributed by atoms with E-state index in [0.29, 0.717) is 68.3 Å². The molecule has 21 heteroatoms. The number of aliphatic hydroxyl groups excluding tert-OH is 1. The van der Waals surface area contributed by atoms with E-state index in [-0.39, 0.29) is 46.5 Å². The normalized spacial score (nSPS) is 12.0. The standard InChI is InChI=1S/C24H24FN5O3S.C24H22FN5O3S.CH4O.CH4/c2*1-3-5-21(16-10-11-27-23(12-16)34(32,33)4-2)29-24(31)20-13-26-15-22-19(20)14-28-30(22)18-8-6-17(25)7-9-18;1-2;/h6-15,21H,3-5H2,1-2H3,(H,29,31);3,6-15,21H,1,4-5H2,2H3,(H,29,31);2H,1H3;1H4/t2*21-;;/m00../s1. The number of nitrogens with zero attached hydrogens (tertiary/aromatic N) is 8. The minimum atomic E-state index is -3.50. The number of carbonyl (C=O) groups is 2. The first-order valence-corrected chi connectivity index (χ1v) is 25.2. The topological polar surface area (TPSA) is 234 Å². The third-order valence-corrected chi connectivity index (χ3v) is 14.2. The fourth-order valence-corrected chi connectivity index (χ4v) is 8.93. The van der Waals surface area contributed by atoms with Crippen molar-refractivity contribution in [2.24, 2.45) is 0 Å². The monoisotopic (exact) mass is 1010 g/mol. The van der Waals surface area contributed by atoms with Crippen LogP contribution in [0.25, 0.3) is 33.2 Å². The Morgan fingerprint density at radius 3 is 1.45 bits per heavy atom. The van der Waals surface area contributed by atoms with Crippen LogP contribution in [0.15, 0.2) is 145 Å². The number of amides is 2. The summed E-state index contributed by atoms with van der Waals surface area (Å²) in [6, 6.07) is 17.1. The Morgan fingerprint density at radius 2 is 1.06 bits per heavy atom. The predicted molar refractivity (Wildman–Crippen MR) is 267 cm³/mol. The Labute approximate surface area is 410 Å². The van der Waals surface area contributed by atoms with E-state index in [1.165, 1.54) is 61.2 Å². The number of nitrogens with one attached hydrogen (secondary N) is 2. The van der Waals surface area contributed by atoms with Gasteiger partial charge in [0, 0.05) is 42.7 Å². The Balaban J connectivity index is 0.000000252. The molecule has 2 atom stereocenters. The van der Waals surface area contributed by atoms with Gasteiger partial charge in [0.15, 0.2) is 29.7 Å². The molecule has 0 bridgehead atoms. The van der Waals surface area contributed by atoms with Crippen LogP contribution in [0, 0.1) is 11.6 Å². The highest BCUT2D eigenvalue weighted by Gasteiger charge is 2.24. The summed E-state index contributed by atoms with van der Waals surface area (Å²) in [5.41, 5.74) is 4.35. The van der Waals surface area contributed by atoms with Crippen LogP contribution in [0.5, 0.6) is 0 Å². The molecule has 8 rings (SSSR count). The first-order chi connectivity index (χ1) is 33.7. The first-order valence-electron chi connectivity index (χ1n) is 21.9. The SMILES string of the molecule is C.C=CC[C@H](NC(=O)c1cncc2c1cnn2-c1ccc(F)cc1)c1ccnc(S(=O)(=O)CC)c1.CCC[C@H](NC(=O)c1cncc2c1cnn2-c1ccc(F)cc1)c1ccnc(S(=O)(=O)CC)c1.CO. The van der Waals surface area contributed by atoms with Gasteiger partial charge < -0.3 is 15.7 Å². The lowest BCUT2D eigenvalue weighted by atomic mass is 10.0. The fraction of sp³-hybridized carbons (Fsp3) is 0.240. The van der Waals surface area contributed by atoms with Gasteiger partial charge in [-0.3, -0.25) is 19.6 Å². The van der Waals surface area contributed by atoms with Crippen LogP contribution < -0.4 is 10.6 Å². The van der Waals surface area contributed by atoms with Crippen molar-refractivity contribution in [3.8, 4) is 11.4 Å². The molecule has 372 valence electrons. The molecule has 0 radical (unpaired) electrons. The maximum Gasteiger partial charge on any atom is 0.254 e. The maximum absolute atomic E-state index is 13.3. The van der Waals surface area contributed by atoms with Gasteiger partial charge in [0.05, 0.1) is 81.9 Å². The third-order valence-electron chi connectivity index (χ3n) is 10.9. The van der Waals surface area contributed by atoms with Gasteiger partial charge in [-0.05, 0) is 96.8 Å². The summed E-state index contributed by atoms with van der Waals surface area (Å²) in [7, 11) is -5.97. The zero-order chi connectivity index (χ0) is 50.6. The summed E-state index contributed by atoms with van der Waals surface area (Å²) in [4.78, 5) is 42.9. The fourth-order valence-electron chi connectivity index (χ4n) is 7.27. The van der Waals surface area contributed by atoms with Crippen LogP contribution in [-0.4, -0.2) is 91.9 Å². The first kappa shape index (κ1) is 54.3. The van der Waals surface area contributed by atoms with Crippen molar-refractivity contribution in [3.05, 3.63) is 169 Å². The Hall–Kier alpha value is -7.62. The van der Waals surface area contributed by atoms with Gasteiger partial charge >= 0.3 is 0 Å². The molecule has 0 aliphatic heterocycles. The van der Waals surface area contributed by atoms with E-state index in [4.69, 9.17) is 5.11 Å². The Kier molecular flexibility index (Phi) is 18.6. The summed E-state index contributed by atoms with van der Waals surface area (Å²) >= 11 is 0. The minimum Gasteiger partial charge on any atom is -0.400 e. The Morgan fingerprint density at radius 1 is 0.648 bits per heavy atom. The number of aromatic nitrogens is 8. The lowest BCUT2D eigenvalue weighted by Gasteiger charge is -2.19. The average Bonchev–Trinajstić information content (AvgIpc) is 4.03. The van der Waals surface area contributed by atoms with Crippen molar-refractivity contribution in [2.75, 3.05) is 18.6 Å². The third kappa shape index (κ3) is 12.6. The quantitative estimate of drug-likeness (QED) is 0.0778. The van der Waals surface area contributed by atoms with Crippen LogP contribution in [-0.2, 0) is 19.7 Å². The largest absolute Gasteiger partial charge is 0.400 e. The van der Waals surface area contributed by atoms with E-state index in [0.717, 1.165) is 13.5 Å². The van der Waals surface area contributed by atoms with Crippen LogP contribution in [0.1, 0.15) is 91.4 Å². The molecule has 3 N–H and O–H groups in total. The number of aliphatic hydroxyl groups is 1. The van der Waals surface area contributed by atoms with E-state index in [1.54, 1.807) is 90.5 Å². The number of halogens is 2. The van der Waals surface area contributed by atoms with E-state index >= 15 is 0 Å². The second-order valence-corrected chi connectivity index (χ2v) is 19.8. The number of pyridine rings is 4.